The molecule has 0 aliphatic carbocycles. The monoisotopic (exact) mass is 307 g/mol. The summed E-state index contributed by atoms with van der Waals surface area (Å²) >= 11 is 17.8. The average molecular weight is 309 g/mol. The van der Waals surface area contributed by atoms with E-state index in [0.717, 1.165) is 6.42 Å². The summed E-state index contributed by atoms with van der Waals surface area (Å²) < 4.78 is 0. The standard InChI is InChI=1S/C11H12Cl3N3O/c12-6-3-8(13)10(9(14)4-6)16-11(18)17-2-1-7(15)5-17/h3-4,7H,1-2,5,15H2,(H,16,18)/t7-/m1/s1. The first-order valence-electron chi connectivity index (χ1n) is 5.43. The lowest BCUT2D eigenvalue weighted by Gasteiger charge is -2.18. The SMILES string of the molecule is N[C@@H]1CCN(C(=O)Nc2c(Cl)cc(Cl)cc2Cl)C1. The van der Waals surface area contributed by atoms with Gasteiger partial charge in [0.05, 0.1) is 15.7 Å². The van der Waals surface area contributed by atoms with E-state index in [2.05, 4.69) is 5.32 Å². The third-order valence-electron chi connectivity index (χ3n) is 2.75. The number of carbonyl (C=O) groups is 1. The van der Waals surface area contributed by atoms with Gasteiger partial charge in [0.25, 0.3) is 0 Å². The molecule has 1 aliphatic rings. The summed E-state index contributed by atoms with van der Waals surface area (Å²) in [6.45, 7) is 1.17. The van der Waals surface area contributed by atoms with Gasteiger partial charge in [-0.2, -0.15) is 0 Å². The molecule has 4 nitrogen and oxygen atoms in total. The molecule has 2 rings (SSSR count). The Kier molecular flexibility index (Phi) is 4.22. The van der Waals surface area contributed by atoms with Crippen LogP contribution in [0, 0.1) is 0 Å². The lowest BCUT2D eigenvalue weighted by molar-refractivity contribution is 0.222. The Hall–Kier alpha value is -0.680. The van der Waals surface area contributed by atoms with E-state index in [1.165, 1.54) is 12.1 Å². The van der Waals surface area contributed by atoms with Gasteiger partial charge < -0.3 is 16.0 Å². The maximum atomic E-state index is 12.0. The number of likely N-dealkylation sites (tertiary alicyclic amines) is 1. The number of benzene rings is 1. The largest absolute Gasteiger partial charge is 0.326 e. The minimum atomic E-state index is -0.255. The molecule has 0 aromatic heterocycles. The smallest absolute Gasteiger partial charge is 0.321 e. The maximum Gasteiger partial charge on any atom is 0.321 e. The minimum Gasteiger partial charge on any atom is -0.326 e. The summed E-state index contributed by atoms with van der Waals surface area (Å²) in [5, 5.41) is 3.72. The van der Waals surface area contributed by atoms with E-state index >= 15 is 0 Å². The highest BCUT2D eigenvalue weighted by Crippen LogP contribution is 2.33. The van der Waals surface area contributed by atoms with Crippen molar-refractivity contribution in [3.8, 4) is 0 Å². The van der Waals surface area contributed by atoms with Crippen molar-refractivity contribution in [2.45, 2.75) is 12.5 Å². The molecule has 1 aromatic carbocycles. The highest BCUT2D eigenvalue weighted by Gasteiger charge is 2.24. The molecule has 1 fully saturated rings. The van der Waals surface area contributed by atoms with Crippen LogP contribution in [-0.4, -0.2) is 30.1 Å². The van der Waals surface area contributed by atoms with Crippen molar-refractivity contribution in [2.24, 2.45) is 5.73 Å². The first-order chi connectivity index (χ1) is 8.47. The van der Waals surface area contributed by atoms with Crippen LogP contribution in [0.2, 0.25) is 15.1 Å². The number of anilines is 1. The second kappa shape index (κ2) is 5.53. The van der Waals surface area contributed by atoms with E-state index in [9.17, 15) is 4.79 Å². The van der Waals surface area contributed by atoms with Gasteiger partial charge in [-0.05, 0) is 18.6 Å². The van der Waals surface area contributed by atoms with Crippen molar-refractivity contribution in [1.29, 1.82) is 0 Å². The third-order valence-corrected chi connectivity index (χ3v) is 3.57. The van der Waals surface area contributed by atoms with E-state index in [4.69, 9.17) is 40.5 Å². The van der Waals surface area contributed by atoms with E-state index in [-0.39, 0.29) is 12.1 Å². The zero-order valence-corrected chi connectivity index (χ0v) is 11.7. The van der Waals surface area contributed by atoms with E-state index in [1.54, 1.807) is 4.90 Å². The Morgan fingerprint density at radius 1 is 1.33 bits per heavy atom. The summed E-state index contributed by atoms with van der Waals surface area (Å²) in [5.74, 6) is 0. The number of hydrogen-bond donors (Lipinski definition) is 2. The van der Waals surface area contributed by atoms with Crippen molar-refractivity contribution < 1.29 is 4.79 Å². The van der Waals surface area contributed by atoms with Crippen molar-refractivity contribution >= 4 is 46.5 Å². The molecule has 0 spiro atoms. The van der Waals surface area contributed by atoms with Crippen LogP contribution in [0.3, 0.4) is 0 Å². The van der Waals surface area contributed by atoms with Gasteiger partial charge in [0.1, 0.15) is 0 Å². The predicted molar refractivity (Wildman–Crippen MR) is 74.7 cm³/mol. The van der Waals surface area contributed by atoms with Crippen LogP contribution in [0.5, 0.6) is 0 Å². The zero-order chi connectivity index (χ0) is 13.3. The van der Waals surface area contributed by atoms with Crippen molar-refractivity contribution in [2.75, 3.05) is 18.4 Å². The molecule has 7 heteroatoms. The second-order valence-electron chi connectivity index (χ2n) is 4.17. The Morgan fingerprint density at radius 2 is 1.94 bits per heavy atom. The van der Waals surface area contributed by atoms with Crippen LogP contribution in [0.1, 0.15) is 6.42 Å². The van der Waals surface area contributed by atoms with Crippen LogP contribution in [-0.2, 0) is 0 Å². The molecular formula is C11H12Cl3N3O. The van der Waals surface area contributed by atoms with Gasteiger partial charge in [-0.3, -0.25) is 0 Å². The molecule has 2 amide bonds. The van der Waals surface area contributed by atoms with Crippen LogP contribution >= 0.6 is 34.8 Å². The molecule has 1 aliphatic heterocycles. The molecule has 0 bridgehead atoms. The van der Waals surface area contributed by atoms with E-state index in [0.29, 0.717) is 33.8 Å². The van der Waals surface area contributed by atoms with Gasteiger partial charge >= 0.3 is 6.03 Å². The molecule has 18 heavy (non-hydrogen) atoms. The molecule has 98 valence electrons. The summed E-state index contributed by atoms with van der Waals surface area (Å²) in [6, 6.07) is 2.83. The van der Waals surface area contributed by atoms with Crippen molar-refractivity contribution in [3.63, 3.8) is 0 Å². The Balaban J connectivity index is 2.12. The number of nitrogens with two attached hydrogens (primary N) is 1. The van der Waals surface area contributed by atoms with Crippen LogP contribution in [0.15, 0.2) is 12.1 Å². The fraction of sp³-hybridized carbons (Fsp3) is 0.364. The van der Waals surface area contributed by atoms with Crippen LogP contribution < -0.4 is 11.1 Å². The fourth-order valence-corrected chi connectivity index (χ4v) is 2.73. The van der Waals surface area contributed by atoms with Gasteiger partial charge in [-0.25, -0.2) is 4.79 Å². The van der Waals surface area contributed by atoms with Gasteiger partial charge in [0, 0.05) is 24.2 Å². The lowest BCUT2D eigenvalue weighted by atomic mass is 10.3. The number of nitrogens with one attached hydrogen (secondary N) is 1. The summed E-state index contributed by atoms with van der Waals surface area (Å²) in [7, 11) is 0. The second-order valence-corrected chi connectivity index (χ2v) is 5.42. The number of halogens is 3. The van der Waals surface area contributed by atoms with Gasteiger partial charge in [0.15, 0.2) is 0 Å². The molecule has 3 N–H and O–H groups in total. The molecular weight excluding hydrogens is 296 g/mol. The van der Waals surface area contributed by atoms with Crippen LogP contribution in [0.4, 0.5) is 10.5 Å². The number of urea groups is 1. The van der Waals surface area contributed by atoms with Crippen LogP contribution in [0.25, 0.3) is 0 Å². The Labute approximate surface area is 120 Å². The Bertz CT molecular complexity index is 458. The normalized spacial score (nSPS) is 19.1. The number of rotatable bonds is 1. The fourth-order valence-electron chi connectivity index (χ4n) is 1.82. The van der Waals surface area contributed by atoms with Crippen molar-refractivity contribution in [3.05, 3.63) is 27.2 Å². The number of nitrogens with zero attached hydrogens (tertiary/aromatic N) is 1. The van der Waals surface area contributed by atoms with Gasteiger partial charge in [-0.1, -0.05) is 34.8 Å². The topological polar surface area (TPSA) is 58.4 Å². The summed E-state index contributed by atoms with van der Waals surface area (Å²) in [6.07, 6.45) is 0.801. The van der Waals surface area contributed by atoms with E-state index < -0.39 is 0 Å². The highest BCUT2D eigenvalue weighted by molar-refractivity contribution is 6.42. The third kappa shape index (κ3) is 3.01. The van der Waals surface area contributed by atoms with Crippen molar-refractivity contribution in [1.82, 2.24) is 4.90 Å². The highest BCUT2D eigenvalue weighted by atomic mass is 35.5. The first kappa shape index (κ1) is 13.7. The molecule has 0 saturated carbocycles. The summed E-state index contributed by atoms with van der Waals surface area (Å²) in [4.78, 5) is 13.6. The molecule has 1 saturated heterocycles. The predicted octanol–water partition coefficient (Wildman–Crippen LogP) is 3.21. The number of amides is 2. The summed E-state index contributed by atoms with van der Waals surface area (Å²) in [5.41, 5.74) is 6.11. The first-order valence-corrected chi connectivity index (χ1v) is 6.57. The number of hydrogen-bond acceptors (Lipinski definition) is 2. The lowest BCUT2D eigenvalue weighted by Crippen LogP contribution is -2.35. The number of carbonyl (C=O) groups excluding carboxylic acids is 1. The molecule has 0 radical (unpaired) electrons. The maximum absolute atomic E-state index is 12.0. The minimum absolute atomic E-state index is 0.0342. The van der Waals surface area contributed by atoms with Gasteiger partial charge in [0.2, 0.25) is 0 Å². The quantitative estimate of drug-likeness (QED) is 0.837. The average Bonchev–Trinajstić information content (AvgIpc) is 2.70. The Morgan fingerprint density at radius 3 is 2.44 bits per heavy atom. The van der Waals surface area contributed by atoms with E-state index in [1.807, 2.05) is 0 Å². The molecule has 1 heterocycles. The van der Waals surface area contributed by atoms with Gasteiger partial charge in [-0.15, -0.1) is 0 Å². The zero-order valence-electron chi connectivity index (χ0n) is 9.42. The molecule has 0 unspecified atom stereocenters. The molecule has 1 atom stereocenters. The molecule has 1 aromatic rings.